The highest BCUT2D eigenvalue weighted by molar-refractivity contribution is 7.89. The molecule has 1 saturated heterocycles. The lowest BCUT2D eigenvalue weighted by Crippen LogP contribution is -2.43. The van der Waals surface area contributed by atoms with Crippen LogP contribution in [0.15, 0.2) is 29.2 Å². The summed E-state index contributed by atoms with van der Waals surface area (Å²) in [7, 11) is -2.02. The van der Waals surface area contributed by atoms with Crippen LogP contribution in [-0.2, 0) is 14.8 Å². The van der Waals surface area contributed by atoms with Crippen LogP contribution in [-0.4, -0.2) is 33.8 Å². The first-order valence-corrected chi connectivity index (χ1v) is 8.25. The van der Waals surface area contributed by atoms with E-state index in [1.165, 1.54) is 7.05 Å². The van der Waals surface area contributed by atoms with Crippen molar-refractivity contribution in [2.45, 2.75) is 37.1 Å². The highest BCUT2D eigenvalue weighted by atomic mass is 32.2. The van der Waals surface area contributed by atoms with Crippen LogP contribution >= 0.6 is 0 Å². The summed E-state index contributed by atoms with van der Waals surface area (Å²) >= 11 is 0. The van der Waals surface area contributed by atoms with Gasteiger partial charge in [0.2, 0.25) is 10.0 Å². The third-order valence-electron chi connectivity index (χ3n) is 3.72. The van der Waals surface area contributed by atoms with Crippen molar-refractivity contribution >= 4 is 21.5 Å². The first-order chi connectivity index (χ1) is 9.45. The van der Waals surface area contributed by atoms with Crippen LogP contribution in [0.5, 0.6) is 0 Å². The van der Waals surface area contributed by atoms with Gasteiger partial charge in [-0.3, -0.25) is 4.79 Å². The van der Waals surface area contributed by atoms with Gasteiger partial charge in [0.05, 0.1) is 10.9 Å². The molecule has 20 heavy (non-hydrogen) atoms. The van der Waals surface area contributed by atoms with Gasteiger partial charge in [0.25, 0.3) is 0 Å². The second kappa shape index (κ2) is 5.93. The Labute approximate surface area is 120 Å². The van der Waals surface area contributed by atoms with E-state index < -0.39 is 10.0 Å². The molecule has 0 radical (unpaired) electrons. The normalized spacial score (nSPS) is 19.9. The van der Waals surface area contributed by atoms with E-state index in [0.29, 0.717) is 0 Å². The number of hydrogen-bond acceptors (Lipinski definition) is 4. The molecule has 0 saturated carbocycles. The summed E-state index contributed by atoms with van der Waals surface area (Å²) in [6, 6.07) is 6.60. The van der Waals surface area contributed by atoms with Crippen LogP contribution in [0.2, 0.25) is 0 Å². The Morgan fingerprint density at radius 1 is 1.25 bits per heavy atom. The molecule has 1 aromatic rings. The number of Topliss-reactive ketones (excluding diaryl/α,β-unsaturated/α-hetero) is 1. The van der Waals surface area contributed by atoms with Gasteiger partial charge >= 0.3 is 0 Å². The van der Waals surface area contributed by atoms with Crippen molar-refractivity contribution in [1.29, 1.82) is 0 Å². The number of nitrogens with one attached hydrogen (secondary N) is 1. The van der Waals surface area contributed by atoms with E-state index in [1.807, 2.05) is 0 Å². The summed E-state index contributed by atoms with van der Waals surface area (Å²) in [5.74, 6) is 0.164. The maximum Gasteiger partial charge on any atom is 0.240 e. The summed E-state index contributed by atoms with van der Waals surface area (Å²) in [6.07, 6.45) is 2.99. The van der Waals surface area contributed by atoms with Crippen LogP contribution in [0, 0.1) is 0 Å². The number of hydrogen-bond donors (Lipinski definition) is 1. The molecule has 5 nitrogen and oxygen atoms in total. The molecule has 1 unspecified atom stereocenters. The van der Waals surface area contributed by atoms with Crippen LogP contribution in [0.4, 0.5) is 5.69 Å². The highest BCUT2D eigenvalue weighted by Crippen LogP contribution is 2.26. The third-order valence-corrected chi connectivity index (χ3v) is 5.15. The topological polar surface area (TPSA) is 66.5 Å². The van der Waals surface area contributed by atoms with Crippen molar-refractivity contribution in [3.8, 4) is 0 Å². The minimum atomic E-state index is -3.41. The Morgan fingerprint density at radius 3 is 2.45 bits per heavy atom. The van der Waals surface area contributed by atoms with Crippen LogP contribution < -0.4 is 9.62 Å². The highest BCUT2D eigenvalue weighted by Gasteiger charge is 2.26. The van der Waals surface area contributed by atoms with E-state index in [2.05, 4.69) is 9.62 Å². The molecule has 1 aliphatic rings. The second-order valence-electron chi connectivity index (χ2n) is 5.02. The van der Waals surface area contributed by atoms with Crippen molar-refractivity contribution in [2.75, 3.05) is 18.5 Å². The molecule has 6 heteroatoms. The molecule has 0 amide bonds. The van der Waals surface area contributed by atoms with E-state index in [0.717, 1.165) is 31.5 Å². The number of sulfonamides is 1. The average Bonchev–Trinajstić information content (AvgIpc) is 2.47. The Balaban J connectivity index is 2.27. The molecule has 1 atom stereocenters. The monoisotopic (exact) mass is 296 g/mol. The fourth-order valence-corrected chi connectivity index (χ4v) is 3.33. The van der Waals surface area contributed by atoms with Crippen molar-refractivity contribution < 1.29 is 13.2 Å². The smallest absolute Gasteiger partial charge is 0.240 e. The van der Waals surface area contributed by atoms with Crippen molar-refractivity contribution in [3.63, 3.8) is 0 Å². The second-order valence-corrected chi connectivity index (χ2v) is 6.90. The molecule has 1 aliphatic heterocycles. The zero-order valence-electron chi connectivity index (χ0n) is 11.8. The van der Waals surface area contributed by atoms with E-state index in [1.54, 1.807) is 31.2 Å². The molecule has 1 aromatic carbocycles. The summed E-state index contributed by atoms with van der Waals surface area (Å²) in [5, 5.41) is 0. The van der Waals surface area contributed by atoms with Crippen molar-refractivity contribution in [1.82, 2.24) is 4.72 Å². The molecule has 1 heterocycles. The third kappa shape index (κ3) is 3.02. The van der Waals surface area contributed by atoms with E-state index in [-0.39, 0.29) is 16.7 Å². The molecular formula is C14H20N2O3S. The van der Waals surface area contributed by atoms with Crippen molar-refractivity contribution in [2.24, 2.45) is 0 Å². The predicted molar refractivity (Wildman–Crippen MR) is 78.4 cm³/mol. The summed E-state index contributed by atoms with van der Waals surface area (Å²) in [5.41, 5.74) is 0.903. The number of anilines is 1. The van der Waals surface area contributed by atoms with E-state index >= 15 is 0 Å². The van der Waals surface area contributed by atoms with Gasteiger partial charge in [0, 0.05) is 12.2 Å². The molecule has 1 fully saturated rings. The molecule has 0 aliphatic carbocycles. The maximum atomic E-state index is 11.7. The molecule has 2 rings (SSSR count). The molecule has 1 N–H and O–H groups in total. The van der Waals surface area contributed by atoms with Gasteiger partial charge in [-0.2, -0.15) is 0 Å². The zero-order chi connectivity index (χ0) is 14.8. The number of rotatable bonds is 4. The zero-order valence-corrected chi connectivity index (χ0v) is 12.6. The van der Waals surface area contributed by atoms with Gasteiger partial charge in [0.15, 0.2) is 5.78 Å². The van der Waals surface area contributed by atoms with Gasteiger partial charge in [-0.05, 0) is 57.5 Å². The Kier molecular flexibility index (Phi) is 4.45. The fraction of sp³-hybridized carbons (Fsp3) is 0.500. The quantitative estimate of drug-likeness (QED) is 0.915. The van der Waals surface area contributed by atoms with Crippen LogP contribution in [0.3, 0.4) is 0 Å². The summed E-state index contributed by atoms with van der Waals surface area (Å²) < 4.78 is 25.7. The van der Waals surface area contributed by atoms with Gasteiger partial charge in [-0.15, -0.1) is 0 Å². The Morgan fingerprint density at radius 2 is 1.90 bits per heavy atom. The van der Waals surface area contributed by atoms with Gasteiger partial charge in [0.1, 0.15) is 0 Å². The maximum absolute atomic E-state index is 11.7. The van der Waals surface area contributed by atoms with Gasteiger partial charge in [-0.1, -0.05) is 0 Å². The summed E-state index contributed by atoms with van der Waals surface area (Å²) in [6.45, 7) is 2.45. The number of nitrogens with zero attached hydrogens (tertiary/aromatic N) is 1. The van der Waals surface area contributed by atoms with Gasteiger partial charge < -0.3 is 4.90 Å². The molecule has 0 bridgehead atoms. The minimum absolute atomic E-state index is 0.0875. The molecule has 0 aromatic heterocycles. The van der Waals surface area contributed by atoms with E-state index in [4.69, 9.17) is 0 Å². The number of carbonyl (C=O) groups is 1. The molecule has 0 spiro atoms. The predicted octanol–water partition coefficient (Wildman–Crippen LogP) is 1.54. The summed E-state index contributed by atoms with van der Waals surface area (Å²) in [4.78, 5) is 14.0. The number of ketones is 1. The fourth-order valence-electron chi connectivity index (χ4n) is 2.60. The Hall–Kier alpha value is -1.40. The molecule has 110 valence electrons. The first-order valence-electron chi connectivity index (χ1n) is 6.76. The van der Waals surface area contributed by atoms with Crippen LogP contribution in [0.1, 0.15) is 26.2 Å². The lowest BCUT2D eigenvalue weighted by molar-refractivity contribution is -0.118. The Bertz CT molecular complexity index is 581. The standard InChI is InChI=1S/C14H20N2O3S/c1-11(17)14-5-3-4-10-16(14)12-6-8-13(9-7-12)20(18,19)15-2/h6-9,14-15H,3-5,10H2,1-2H3. The van der Waals surface area contributed by atoms with Gasteiger partial charge in [-0.25, -0.2) is 13.1 Å². The lowest BCUT2D eigenvalue weighted by atomic mass is 9.98. The number of benzene rings is 1. The molecular weight excluding hydrogens is 276 g/mol. The van der Waals surface area contributed by atoms with E-state index in [9.17, 15) is 13.2 Å². The average molecular weight is 296 g/mol. The van der Waals surface area contributed by atoms with Crippen LogP contribution in [0.25, 0.3) is 0 Å². The lowest BCUT2D eigenvalue weighted by Gasteiger charge is -2.36. The minimum Gasteiger partial charge on any atom is -0.362 e. The van der Waals surface area contributed by atoms with Crippen molar-refractivity contribution in [3.05, 3.63) is 24.3 Å². The SMILES string of the molecule is CNS(=O)(=O)c1ccc(N2CCCCC2C(C)=O)cc1. The number of piperidine rings is 1. The number of carbonyl (C=O) groups excluding carboxylic acids is 1. The largest absolute Gasteiger partial charge is 0.362 e. The first kappa shape index (κ1) is 15.0.